The van der Waals surface area contributed by atoms with Gasteiger partial charge < -0.3 is 20.5 Å². The first kappa shape index (κ1) is 23.0. The van der Waals surface area contributed by atoms with E-state index in [4.69, 9.17) is 10.5 Å². The van der Waals surface area contributed by atoms with Crippen molar-refractivity contribution in [3.05, 3.63) is 64.7 Å². The van der Waals surface area contributed by atoms with Crippen LogP contribution in [0, 0.1) is 0 Å². The van der Waals surface area contributed by atoms with E-state index in [1.807, 2.05) is 37.8 Å². The number of rotatable bonds is 6. The van der Waals surface area contributed by atoms with Crippen molar-refractivity contribution in [2.45, 2.75) is 51.7 Å². The molecule has 2 aromatic carbocycles. The zero-order chi connectivity index (χ0) is 22.6. The summed E-state index contributed by atoms with van der Waals surface area (Å²) in [5.41, 5.74) is 8.25. The van der Waals surface area contributed by atoms with Crippen molar-refractivity contribution >= 4 is 11.7 Å². The summed E-state index contributed by atoms with van der Waals surface area (Å²) in [4.78, 5) is 27.1. The monoisotopic (exact) mass is 424 g/mol. The molecule has 0 bridgehead atoms. The molecule has 6 nitrogen and oxygen atoms in total. The summed E-state index contributed by atoms with van der Waals surface area (Å²) in [6, 6.07) is 12.8. The van der Waals surface area contributed by atoms with Crippen molar-refractivity contribution in [3.63, 3.8) is 0 Å². The highest BCUT2D eigenvalue weighted by Gasteiger charge is 2.26. The number of aromatic hydroxyl groups is 1. The van der Waals surface area contributed by atoms with Crippen molar-refractivity contribution in [3.8, 4) is 5.75 Å². The molecule has 0 unspecified atom stereocenters. The van der Waals surface area contributed by atoms with Gasteiger partial charge in [0.05, 0.1) is 11.2 Å². The van der Waals surface area contributed by atoms with Crippen LogP contribution < -0.4 is 5.73 Å². The number of hydrogen-bond acceptors (Lipinski definition) is 5. The molecule has 0 saturated carbocycles. The zero-order valence-corrected chi connectivity index (χ0v) is 18.6. The van der Waals surface area contributed by atoms with Crippen LogP contribution in [-0.4, -0.2) is 47.0 Å². The Hall–Kier alpha value is -2.70. The number of ketones is 1. The quantitative estimate of drug-likeness (QED) is 0.687. The molecule has 6 heteroatoms. The van der Waals surface area contributed by atoms with Gasteiger partial charge in [0.1, 0.15) is 12.4 Å². The van der Waals surface area contributed by atoms with Gasteiger partial charge in [-0.15, -0.1) is 0 Å². The van der Waals surface area contributed by atoms with Gasteiger partial charge in [0.15, 0.2) is 5.78 Å². The lowest BCUT2D eigenvalue weighted by atomic mass is 9.88. The third kappa shape index (κ3) is 5.93. The van der Waals surface area contributed by atoms with Gasteiger partial charge in [-0.2, -0.15) is 0 Å². The average Bonchev–Trinajstić information content (AvgIpc) is 2.76. The van der Waals surface area contributed by atoms with Crippen LogP contribution in [-0.2, 0) is 11.3 Å². The maximum Gasteiger partial charge on any atom is 0.253 e. The molecule has 166 valence electrons. The second-order valence-corrected chi connectivity index (χ2v) is 9.07. The number of ether oxygens (including phenoxy) is 1. The Morgan fingerprint density at radius 1 is 1.13 bits per heavy atom. The molecule has 3 rings (SSSR count). The number of benzene rings is 2. The van der Waals surface area contributed by atoms with Crippen LogP contribution in [0.3, 0.4) is 0 Å². The molecule has 0 aromatic heterocycles. The second kappa shape index (κ2) is 9.62. The standard InChI is InChI=1S/C25H32N2O4/c1-25(2,3)31-16-23(29)21-8-7-20(14-22(21)28)24(30)27-11-9-18(10-12-27)19-6-4-5-17(13-19)15-26/h4-8,13-14,18,28H,9-12,15-16,26H2,1-3H3. The van der Waals surface area contributed by atoms with Gasteiger partial charge in [-0.1, -0.05) is 24.3 Å². The van der Waals surface area contributed by atoms with Crippen molar-refractivity contribution in [1.82, 2.24) is 4.90 Å². The van der Waals surface area contributed by atoms with Crippen molar-refractivity contribution < 1.29 is 19.4 Å². The van der Waals surface area contributed by atoms with E-state index in [1.165, 1.54) is 17.7 Å². The Balaban J connectivity index is 1.62. The summed E-state index contributed by atoms with van der Waals surface area (Å²) >= 11 is 0. The molecule has 1 aliphatic rings. The van der Waals surface area contributed by atoms with E-state index >= 15 is 0 Å². The van der Waals surface area contributed by atoms with Crippen LogP contribution in [0.1, 0.15) is 71.4 Å². The number of Topliss-reactive ketones (excluding diaryl/α,β-unsaturated/α-hetero) is 1. The number of carbonyl (C=O) groups is 2. The van der Waals surface area contributed by atoms with Crippen molar-refractivity contribution in [1.29, 1.82) is 0 Å². The molecular formula is C25H32N2O4. The van der Waals surface area contributed by atoms with E-state index in [2.05, 4.69) is 12.1 Å². The largest absolute Gasteiger partial charge is 0.507 e. The van der Waals surface area contributed by atoms with E-state index in [9.17, 15) is 14.7 Å². The Morgan fingerprint density at radius 3 is 2.45 bits per heavy atom. The average molecular weight is 425 g/mol. The van der Waals surface area contributed by atoms with Gasteiger partial charge in [0.25, 0.3) is 5.91 Å². The summed E-state index contributed by atoms with van der Waals surface area (Å²) in [6.07, 6.45) is 1.76. The number of piperidine rings is 1. The molecule has 1 amide bonds. The number of phenols is 1. The molecular weight excluding hydrogens is 392 g/mol. The summed E-state index contributed by atoms with van der Waals surface area (Å²) in [5, 5.41) is 10.3. The predicted molar refractivity (Wildman–Crippen MR) is 120 cm³/mol. The van der Waals surface area contributed by atoms with Crippen LogP contribution >= 0.6 is 0 Å². The molecule has 2 aromatic rings. The van der Waals surface area contributed by atoms with Crippen LogP contribution in [0.2, 0.25) is 0 Å². The summed E-state index contributed by atoms with van der Waals surface area (Å²) in [5.74, 6) is -0.227. The Morgan fingerprint density at radius 2 is 1.84 bits per heavy atom. The first-order valence-electron chi connectivity index (χ1n) is 10.8. The van der Waals surface area contributed by atoms with E-state index in [0.29, 0.717) is 31.1 Å². The van der Waals surface area contributed by atoms with Crippen LogP contribution in [0.4, 0.5) is 0 Å². The smallest absolute Gasteiger partial charge is 0.253 e. The second-order valence-electron chi connectivity index (χ2n) is 9.07. The highest BCUT2D eigenvalue weighted by atomic mass is 16.5. The topological polar surface area (TPSA) is 92.9 Å². The lowest BCUT2D eigenvalue weighted by Crippen LogP contribution is -2.38. The summed E-state index contributed by atoms with van der Waals surface area (Å²) in [6.45, 7) is 7.28. The van der Waals surface area contributed by atoms with Crippen molar-refractivity contribution in [2.24, 2.45) is 5.73 Å². The number of amides is 1. The number of likely N-dealkylation sites (tertiary alicyclic amines) is 1. The van der Waals surface area contributed by atoms with E-state index in [-0.39, 0.29) is 29.6 Å². The summed E-state index contributed by atoms with van der Waals surface area (Å²) in [7, 11) is 0. The van der Waals surface area contributed by atoms with Gasteiger partial charge in [0, 0.05) is 25.2 Å². The molecule has 0 radical (unpaired) electrons. The van der Waals surface area contributed by atoms with Gasteiger partial charge in [-0.05, 0) is 68.9 Å². The van der Waals surface area contributed by atoms with Crippen molar-refractivity contribution in [2.75, 3.05) is 19.7 Å². The number of carbonyl (C=O) groups excluding carboxylic acids is 2. The van der Waals surface area contributed by atoms with Crippen LogP contribution in [0.25, 0.3) is 0 Å². The third-order valence-electron chi connectivity index (χ3n) is 5.62. The molecule has 1 fully saturated rings. The fourth-order valence-corrected chi connectivity index (χ4v) is 3.83. The van der Waals surface area contributed by atoms with Gasteiger partial charge in [-0.3, -0.25) is 9.59 Å². The maximum atomic E-state index is 12.9. The summed E-state index contributed by atoms with van der Waals surface area (Å²) < 4.78 is 5.49. The molecule has 1 aliphatic heterocycles. The Bertz CT molecular complexity index is 941. The fourth-order valence-electron chi connectivity index (χ4n) is 3.83. The number of hydrogen-bond donors (Lipinski definition) is 2. The minimum Gasteiger partial charge on any atom is -0.507 e. The molecule has 0 atom stereocenters. The minimum atomic E-state index is -0.445. The SMILES string of the molecule is CC(C)(C)OCC(=O)c1ccc(C(=O)N2CCC(c3cccc(CN)c3)CC2)cc1O. The molecule has 1 saturated heterocycles. The number of nitrogens with zero attached hydrogens (tertiary/aromatic N) is 1. The highest BCUT2D eigenvalue weighted by molar-refractivity contribution is 6.01. The predicted octanol–water partition coefficient (Wildman–Crippen LogP) is 3.87. The first-order chi connectivity index (χ1) is 14.7. The van der Waals surface area contributed by atoms with Crippen LogP contribution in [0.15, 0.2) is 42.5 Å². The van der Waals surface area contributed by atoms with Gasteiger partial charge in [-0.25, -0.2) is 0 Å². The van der Waals surface area contributed by atoms with Gasteiger partial charge >= 0.3 is 0 Å². The third-order valence-corrected chi connectivity index (χ3v) is 5.62. The van der Waals surface area contributed by atoms with Crippen LogP contribution in [0.5, 0.6) is 5.75 Å². The molecule has 0 spiro atoms. The van der Waals surface area contributed by atoms with E-state index < -0.39 is 5.60 Å². The molecule has 0 aliphatic carbocycles. The van der Waals surface area contributed by atoms with E-state index in [0.717, 1.165) is 18.4 Å². The maximum absolute atomic E-state index is 12.9. The van der Waals surface area contributed by atoms with E-state index in [1.54, 1.807) is 6.07 Å². The Labute approximate surface area is 184 Å². The Kier molecular flexibility index (Phi) is 7.13. The zero-order valence-electron chi connectivity index (χ0n) is 18.6. The normalized spacial score (nSPS) is 15.2. The highest BCUT2D eigenvalue weighted by Crippen LogP contribution is 2.30. The molecule has 3 N–H and O–H groups in total. The fraction of sp³-hybridized carbons (Fsp3) is 0.440. The molecule has 1 heterocycles. The minimum absolute atomic E-state index is 0.122. The lowest BCUT2D eigenvalue weighted by molar-refractivity contribution is 0.00296. The first-order valence-corrected chi connectivity index (χ1v) is 10.8. The lowest BCUT2D eigenvalue weighted by Gasteiger charge is -2.32. The number of phenolic OH excluding ortho intramolecular Hbond substituents is 1. The molecule has 31 heavy (non-hydrogen) atoms. The van der Waals surface area contributed by atoms with Gasteiger partial charge in [0.2, 0.25) is 0 Å². The number of nitrogens with two attached hydrogens (primary N) is 1.